The van der Waals surface area contributed by atoms with E-state index in [-0.39, 0.29) is 30.2 Å². The molecule has 0 aliphatic heterocycles. The Bertz CT molecular complexity index is 1080. The van der Waals surface area contributed by atoms with E-state index in [4.69, 9.17) is 23.2 Å². The van der Waals surface area contributed by atoms with Crippen LogP contribution >= 0.6 is 23.2 Å². The Morgan fingerprint density at radius 3 is 2.62 bits per heavy atom. The highest BCUT2D eigenvalue weighted by Crippen LogP contribution is 2.67. The molecule has 0 saturated heterocycles. The lowest BCUT2D eigenvalue weighted by molar-refractivity contribution is -0.143. The molecule has 2 aromatic carbocycles. The number of rotatable bonds is 5. The third kappa shape index (κ3) is 4.04. The lowest BCUT2D eigenvalue weighted by Crippen LogP contribution is -2.46. The molecule has 1 amide bonds. The van der Waals surface area contributed by atoms with Crippen LogP contribution in [0.4, 0.5) is 0 Å². The normalized spacial score (nSPS) is 25.7. The van der Waals surface area contributed by atoms with E-state index in [9.17, 15) is 14.7 Å². The maximum atomic E-state index is 13.8. The molecular weight excluding hydrogens is 445 g/mol. The molecule has 2 aromatic rings. The maximum absolute atomic E-state index is 13.8. The highest BCUT2D eigenvalue weighted by atomic mass is 35.5. The summed E-state index contributed by atoms with van der Waals surface area (Å²) in [5.74, 6) is -1.42. The first-order valence-corrected chi connectivity index (χ1v) is 11.8. The highest BCUT2D eigenvalue weighted by molar-refractivity contribution is 6.35. The van der Waals surface area contributed by atoms with Crippen molar-refractivity contribution in [2.24, 2.45) is 10.8 Å². The van der Waals surface area contributed by atoms with Crippen molar-refractivity contribution in [3.63, 3.8) is 0 Å². The Morgan fingerprint density at radius 2 is 1.94 bits per heavy atom. The molecule has 0 bridgehead atoms. The topological polar surface area (TPSA) is 66.4 Å². The van der Waals surface area contributed by atoms with Crippen LogP contribution in [0.25, 0.3) is 0 Å². The first-order chi connectivity index (χ1) is 15.0. The number of carbonyl (C=O) groups excluding carboxylic acids is 1. The number of aryl methyl sites for hydroxylation is 1. The van der Waals surface area contributed by atoms with E-state index in [1.54, 1.807) is 18.2 Å². The van der Waals surface area contributed by atoms with Gasteiger partial charge in [0.25, 0.3) is 0 Å². The van der Waals surface area contributed by atoms with E-state index in [0.717, 1.165) is 35.1 Å². The predicted molar refractivity (Wildman–Crippen MR) is 127 cm³/mol. The summed E-state index contributed by atoms with van der Waals surface area (Å²) < 4.78 is 0. The molecule has 1 fully saturated rings. The van der Waals surface area contributed by atoms with Crippen LogP contribution in [0, 0.1) is 17.8 Å². The Labute approximate surface area is 199 Å². The summed E-state index contributed by atoms with van der Waals surface area (Å²) in [5.41, 5.74) is 3.31. The van der Waals surface area contributed by atoms with Gasteiger partial charge in [0.15, 0.2) is 0 Å². The van der Waals surface area contributed by atoms with Gasteiger partial charge in [0.2, 0.25) is 5.91 Å². The zero-order valence-electron chi connectivity index (χ0n) is 18.7. The SMILES string of the molecule is Cc1cccc2c1[C@H](C(=O)NCc1ccc(Cl)cc1Cl)[C@]1(CC(=O)O)CC(C)(C)CC[C@@H]21. The van der Waals surface area contributed by atoms with Gasteiger partial charge in [0.1, 0.15) is 0 Å². The Hall–Kier alpha value is -2.04. The lowest BCUT2D eigenvalue weighted by Gasteiger charge is -2.49. The molecule has 0 radical (unpaired) electrons. The van der Waals surface area contributed by atoms with Crippen LogP contribution in [-0.4, -0.2) is 17.0 Å². The minimum absolute atomic E-state index is 0.0188. The number of hydrogen-bond donors (Lipinski definition) is 2. The largest absolute Gasteiger partial charge is 0.481 e. The average Bonchev–Trinajstić information content (AvgIpc) is 2.95. The van der Waals surface area contributed by atoms with Gasteiger partial charge in [0.05, 0.1) is 12.3 Å². The molecule has 2 aliphatic carbocycles. The molecule has 32 heavy (non-hydrogen) atoms. The molecule has 0 spiro atoms. The molecule has 0 unspecified atom stereocenters. The van der Waals surface area contributed by atoms with Crippen LogP contribution in [0.5, 0.6) is 0 Å². The minimum Gasteiger partial charge on any atom is -0.481 e. The first kappa shape index (κ1) is 23.1. The van der Waals surface area contributed by atoms with E-state index in [0.29, 0.717) is 16.5 Å². The van der Waals surface area contributed by atoms with Crippen LogP contribution in [0.2, 0.25) is 10.0 Å². The van der Waals surface area contributed by atoms with Crippen molar-refractivity contribution >= 4 is 35.1 Å². The standard InChI is InChI=1S/C26H29Cl2NO3/c1-15-5-4-6-18-19-9-10-25(2,3)14-26(19,12-21(30)31)23(22(15)18)24(32)29-13-16-7-8-17(27)11-20(16)28/h4-8,11,19,23H,9-10,12-14H2,1-3H3,(H,29,32)(H,30,31)/t19-,23+,26+/m0/s1. The summed E-state index contributed by atoms with van der Waals surface area (Å²) in [7, 11) is 0. The third-order valence-electron chi connectivity index (χ3n) is 7.42. The quantitative estimate of drug-likeness (QED) is 0.522. The molecule has 3 atom stereocenters. The summed E-state index contributed by atoms with van der Waals surface area (Å²) in [6.07, 6.45) is 2.59. The number of hydrogen-bond acceptors (Lipinski definition) is 2. The van der Waals surface area contributed by atoms with Gasteiger partial charge in [-0.05, 0) is 71.9 Å². The zero-order chi connectivity index (χ0) is 23.3. The van der Waals surface area contributed by atoms with Gasteiger partial charge in [-0.25, -0.2) is 0 Å². The molecule has 1 saturated carbocycles. The second-order valence-electron chi connectivity index (χ2n) is 10.2. The molecule has 170 valence electrons. The van der Waals surface area contributed by atoms with Gasteiger partial charge in [0, 0.05) is 22.0 Å². The molecule has 0 aromatic heterocycles. The molecule has 6 heteroatoms. The number of carbonyl (C=O) groups is 2. The second-order valence-corrected chi connectivity index (χ2v) is 11.0. The Kier molecular flexibility index (Phi) is 6.06. The van der Waals surface area contributed by atoms with E-state index in [2.05, 4.69) is 25.2 Å². The number of amides is 1. The van der Waals surface area contributed by atoms with Gasteiger partial charge in [-0.2, -0.15) is 0 Å². The van der Waals surface area contributed by atoms with E-state index in [1.807, 2.05) is 19.1 Å². The molecule has 2 N–H and O–H groups in total. The Balaban J connectivity index is 1.76. The fourth-order valence-corrected chi connectivity index (χ4v) is 6.77. The zero-order valence-corrected chi connectivity index (χ0v) is 20.2. The third-order valence-corrected chi connectivity index (χ3v) is 8.01. The van der Waals surface area contributed by atoms with Gasteiger partial charge in [-0.3, -0.25) is 9.59 Å². The van der Waals surface area contributed by atoms with Crippen molar-refractivity contribution in [1.82, 2.24) is 5.32 Å². The summed E-state index contributed by atoms with van der Waals surface area (Å²) in [6.45, 7) is 6.66. The predicted octanol–water partition coefficient (Wildman–Crippen LogP) is 6.47. The number of benzene rings is 2. The number of fused-ring (bicyclic) bond motifs is 3. The Morgan fingerprint density at radius 1 is 1.19 bits per heavy atom. The summed E-state index contributed by atoms with van der Waals surface area (Å²) >= 11 is 12.3. The molecule has 4 rings (SSSR count). The lowest BCUT2D eigenvalue weighted by atomic mass is 9.54. The first-order valence-electron chi connectivity index (χ1n) is 11.1. The van der Waals surface area contributed by atoms with Crippen molar-refractivity contribution in [1.29, 1.82) is 0 Å². The highest BCUT2D eigenvalue weighted by Gasteiger charge is 2.60. The van der Waals surface area contributed by atoms with Crippen LogP contribution in [-0.2, 0) is 16.1 Å². The maximum Gasteiger partial charge on any atom is 0.303 e. The number of aliphatic carboxylic acids is 1. The molecule has 2 aliphatic rings. The number of nitrogens with one attached hydrogen (secondary N) is 1. The van der Waals surface area contributed by atoms with Crippen LogP contribution in [0.15, 0.2) is 36.4 Å². The van der Waals surface area contributed by atoms with Crippen molar-refractivity contribution in [2.75, 3.05) is 0 Å². The van der Waals surface area contributed by atoms with E-state index < -0.39 is 17.3 Å². The van der Waals surface area contributed by atoms with Crippen molar-refractivity contribution in [2.45, 2.75) is 64.8 Å². The van der Waals surface area contributed by atoms with E-state index in [1.165, 1.54) is 0 Å². The fraction of sp³-hybridized carbons (Fsp3) is 0.462. The van der Waals surface area contributed by atoms with E-state index >= 15 is 0 Å². The van der Waals surface area contributed by atoms with Gasteiger partial charge in [-0.15, -0.1) is 0 Å². The van der Waals surface area contributed by atoms with Crippen molar-refractivity contribution < 1.29 is 14.7 Å². The van der Waals surface area contributed by atoms with Gasteiger partial charge >= 0.3 is 5.97 Å². The second kappa shape index (κ2) is 8.39. The molecule has 0 heterocycles. The molecule has 4 nitrogen and oxygen atoms in total. The van der Waals surface area contributed by atoms with Gasteiger partial charge in [-0.1, -0.05) is 61.3 Å². The van der Waals surface area contributed by atoms with Crippen LogP contribution in [0.1, 0.15) is 73.6 Å². The average molecular weight is 474 g/mol. The summed E-state index contributed by atoms with van der Waals surface area (Å²) in [4.78, 5) is 25.9. The van der Waals surface area contributed by atoms with Crippen LogP contribution < -0.4 is 5.32 Å². The monoisotopic (exact) mass is 473 g/mol. The fourth-order valence-electron chi connectivity index (χ4n) is 6.29. The summed E-state index contributed by atoms with van der Waals surface area (Å²) in [6, 6.07) is 11.3. The smallest absolute Gasteiger partial charge is 0.303 e. The minimum atomic E-state index is -0.850. The number of carboxylic acid groups (broad SMARTS) is 1. The van der Waals surface area contributed by atoms with Crippen LogP contribution in [0.3, 0.4) is 0 Å². The number of carboxylic acids is 1. The molecular formula is C26H29Cl2NO3. The van der Waals surface area contributed by atoms with Gasteiger partial charge < -0.3 is 10.4 Å². The van der Waals surface area contributed by atoms with Crippen molar-refractivity contribution in [3.05, 3.63) is 68.7 Å². The number of halogens is 2. The summed E-state index contributed by atoms with van der Waals surface area (Å²) in [5, 5.41) is 14.0. The van der Waals surface area contributed by atoms with Crippen molar-refractivity contribution in [3.8, 4) is 0 Å².